The Morgan fingerprint density at radius 2 is 2.00 bits per heavy atom. The second kappa shape index (κ2) is 4.82. The van der Waals surface area contributed by atoms with E-state index < -0.39 is 0 Å². The maximum atomic E-state index is 12.2. The number of hydrogen-bond acceptors (Lipinski definition) is 3. The van der Waals surface area contributed by atoms with Crippen LogP contribution in [0.3, 0.4) is 0 Å². The first kappa shape index (κ1) is 12.0. The Bertz CT molecular complexity index is 423. The van der Waals surface area contributed by atoms with Gasteiger partial charge in [0, 0.05) is 25.2 Å². The largest absolute Gasteiger partial charge is 0.339 e. The van der Waals surface area contributed by atoms with Crippen LogP contribution in [0.25, 0.3) is 0 Å². The summed E-state index contributed by atoms with van der Waals surface area (Å²) < 4.78 is 0. The number of aryl methyl sites for hydroxylation is 1. The van der Waals surface area contributed by atoms with Gasteiger partial charge in [0.2, 0.25) is 0 Å². The molecule has 2 rings (SSSR count). The van der Waals surface area contributed by atoms with Gasteiger partial charge in [-0.15, -0.1) is 0 Å². The van der Waals surface area contributed by atoms with Gasteiger partial charge in [-0.2, -0.15) is 0 Å². The average molecular weight is 233 g/mol. The highest BCUT2D eigenvalue weighted by molar-refractivity contribution is 5.95. The van der Waals surface area contributed by atoms with E-state index in [2.05, 4.69) is 23.8 Å². The third kappa shape index (κ3) is 2.46. The van der Waals surface area contributed by atoms with Gasteiger partial charge in [-0.05, 0) is 19.8 Å². The normalized spacial score (nSPS) is 15.6. The first-order valence-electron chi connectivity index (χ1n) is 6.22. The number of hydrogen-bond donors (Lipinski definition) is 0. The van der Waals surface area contributed by atoms with E-state index in [1.54, 1.807) is 6.20 Å². The second-order valence-corrected chi connectivity index (χ2v) is 4.88. The quantitative estimate of drug-likeness (QED) is 0.786. The Labute approximate surface area is 102 Å². The molecule has 0 spiro atoms. The van der Waals surface area contributed by atoms with Crippen molar-refractivity contribution >= 4 is 5.91 Å². The molecule has 0 unspecified atom stereocenters. The van der Waals surface area contributed by atoms with Gasteiger partial charge in [0.15, 0.2) is 0 Å². The molecule has 0 bridgehead atoms. The molecule has 1 aliphatic rings. The van der Waals surface area contributed by atoms with E-state index in [9.17, 15) is 4.79 Å². The van der Waals surface area contributed by atoms with Crippen molar-refractivity contribution in [3.63, 3.8) is 0 Å². The molecule has 1 saturated heterocycles. The van der Waals surface area contributed by atoms with Gasteiger partial charge in [0.1, 0.15) is 5.82 Å². The van der Waals surface area contributed by atoms with Crippen molar-refractivity contribution in [1.82, 2.24) is 14.9 Å². The van der Waals surface area contributed by atoms with Gasteiger partial charge < -0.3 is 4.90 Å². The zero-order valence-electron chi connectivity index (χ0n) is 10.7. The topological polar surface area (TPSA) is 46.1 Å². The van der Waals surface area contributed by atoms with Crippen LogP contribution in [0.4, 0.5) is 0 Å². The minimum atomic E-state index is 0.0790. The highest BCUT2D eigenvalue weighted by Gasteiger charge is 2.22. The molecule has 4 nitrogen and oxygen atoms in total. The molecule has 1 aromatic rings. The molecule has 1 amide bonds. The van der Waals surface area contributed by atoms with Gasteiger partial charge in [-0.25, -0.2) is 9.97 Å². The molecule has 1 fully saturated rings. The van der Waals surface area contributed by atoms with Gasteiger partial charge in [-0.1, -0.05) is 13.8 Å². The SMILES string of the molecule is Cc1nc(C(C)C)ncc1C(=O)N1CCCC1. The molecule has 92 valence electrons. The Hall–Kier alpha value is -1.45. The lowest BCUT2D eigenvalue weighted by Crippen LogP contribution is -2.28. The fourth-order valence-electron chi connectivity index (χ4n) is 2.06. The summed E-state index contributed by atoms with van der Waals surface area (Å²) in [4.78, 5) is 22.8. The monoisotopic (exact) mass is 233 g/mol. The fraction of sp³-hybridized carbons (Fsp3) is 0.615. The predicted molar refractivity (Wildman–Crippen MR) is 66.0 cm³/mol. The van der Waals surface area contributed by atoms with Crippen LogP contribution < -0.4 is 0 Å². The number of carbonyl (C=O) groups excluding carboxylic acids is 1. The third-order valence-corrected chi connectivity index (χ3v) is 3.14. The lowest BCUT2D eigenvalue weighted by atomic mass is 10.1. The molecule has 0 saturated carbocycles. The minimum Gasteiger partial charge on any atom is -0.339 e. The van der Waals surface area contributed by atoms with Crippen LogP contribution in [0.1, 0.15) is 54.5 Å². The van der Waals surface area contributed by atoms with Crippen molar-refractivity contribution in [3.05, 3.63) is 23.3 Å². The van der Waals surface area contributed by atoms with Crippen molar-refractivity contribution in [2.75, 3.05) is 13.1 Å². The highest BCUT2D eigenvalue weighted by Crippen LogP contribution is 2.16. The Morgan fingerprint density at radius 1 is 1.35 bits per heavy atom. The maximum absolute atomic E-state index is 12.2. The lowest BCUT2D eigenvalue weighted by Gasteiger charge is -2.16. The molecule has 0 radical (unpaired) electrons. The summed E-state index contributed by atoms with van der Waals surface area (Å²) >= 11 is 0. The number of likely N-dealkylation sites (tertiary alicyclic amines) is 1. The number of aromatic nitrogens is 2. The summed E-state index contributed by atoms with van der Waals surface area (Å²) in [6, 6.07) is 0. The van der Waals surface area contributed by atoms with Crippen LogP contribution in [-0.2, 0) is 0 Å². The van der Waals surface area contributed by atoms with Crippen molar-refractivity contribution in [1.29, 1.82) is 0 Å². The molecular formula is C13H19N3O. The molecule has 0 aliphatic carbocycles. The molecule has 4 heteroatoms. The van der Waals surface area contributed by atoms with E-state index in [1.807, 2.05) is 11.8 Å². The van der Waals surface area contributed by atoms with Crippen LogP contribution >= 0.6 is 0 Å². The standard InChI is InChI=1S/C13H19N3O/c1-9(2)12-14-8-11(10(3)15-12)13(17)16-6-4-5-7-16/h8-9H,4-7H2,1-3H3. The summed E-state index contributed by atoms with van der Waals surface area (Å²) in [7, 11) is 0. The molecule has 0 atom stereocenters. The molecule has 0 aromatic carbocycles. The zero-order valence-corrected chi connectivity index (χ0v) is 10.7. The van der Waals surface area contributed by atoms with E-state index in [0.29, 0.717) is 11.5 Å². The third-order valence-electron chi connectivity index (χ3n) is 3.14. The van der Waals surface area contributed by atoms with E-state index in [1.165, 1.54) is 0 Å². The molecule has 0 N–H and O–H groups in total. The first-order valence-corrected chi connectivity index (χ1v) is 6.22. The van der Waals surface area contributed by atoms with Gasteiger partial charge >= 0.3 is 0 Å². The smallest absolute Gasteiger partial charge is 0.257 e. The summed E-state index contributed by atoms with van der Waals surface area (Å²) in [5.41, 5.74) is 1.44. The van der Waals surface area contributed by atoms with Crippen LogP contribution in [0.2, 0.25) is 0 Å². The van der Waals surface area contributed by atoms with E-state index in [-0.39, 0.29) is 5.91 Å². The average Bonchev–Trinajstić information content (AvgIpc) is 2.81. The van der Waals surface area contributed by atoms with Crippen molar-refractivity contribution in [3.8, 4) is 0 Å². The Balaban J connectivity index is 2.23. The second-order valence-electron chi connectivity index (χ2n) is 4.88. The molecular weight excluding hydrogens is 214 g/mol. The van der Waals surface area contributed by atoms with Crippen LogP contribution in [0.15, 0.2) is 6.20 Å². The van der Waals surface area contributed by atoms with E-state index in [4.69, 9.17) is 0 Å². The predicted octanol–water partition coefficient (Wildman–Crippen LogP) is 2.14. The highest BCUT2D eigenvalue weighted by atomic mass is 16.2. The summed E-state index contributed by atoms with van der Waals surface area (Å²) in [6.07, 6.45) is 3.89. The van der Waals surface area contributed by atoms with Crippen LogP contribution in [0, 0.1) is 6.92 Å². The number of carbonyl (C=O) groups is 1. The summed E-state index contributed by atoms with van der Waals surface area (Å²) in [6.45, 7) is 7.72. The van der Waals surface area contributed by atoms with Gasteiger partial charge in [0.25, 0.3) is 5.91 Å². The summed E-state index contributed by atoms with van der Waals surface area (Å²) in [5.74, 6) is 1.18. The van der Waals surface area contributed by atoms with Gasteiger partial charge in [-0.3, -0.25) is 4.79 Å². The van der Waals surface area contributed by atoms with Crippen molar-refractivity contribution in [2.45, 2.75) is 39.5 Å². The van der Waals surface area contributed by atoms with Crippen LogP contribution in [-0.4, -0.2) is 33.9 Å². The van der Waals surface area contributed by atoms with Crippen molar-refractivity contribution < 1.29 is 4.79 Å². The van der Waals surface area contributed by atoms with E-state index >= 15 is 0 Å². The first-order chi connectivity index (χ1) is 8.09. The summed E-state index contributed by atoms with van der Waals surface area (Å²) in [5, 5.41) is 0. The molecule has 17 heavy (non-hydrogen) atoms. The molecule has 2 heterocycles. The van der Waals surface area contributed by atoms with Crippen LogP contribution in [0.5, 0.6) is 0 Å². The number of amides is 1. The maximum Gasteiger partial charge on any atom is 0.257 e. The Morgan fingerprint density at radius 3 is 2.53 bits per heavy atom. The molecule has 1 aromatic heterocycles. The van der Waals surface area contributed by atoms with Crippen molar-refractivity contribution in [2.24, 2.45) is 0 Å². The number of rotatable bonds is 2. The zero-order chi connectivity index (χ0) is 12.4. The number of nitrogens with zero attached hydrogens (tertiary/aromatic N) is 3. The fourth-order valence-corrected chi connectivity index (χ4v) is 2.06. The van der Waals surface area contributed by atoms with Gasteiger partial charge in [0.05, 0.1) is 11.3 Å². The minimum absolute atomic E-state index is 0.0790. The van der Waals surface area contributed by atoms with E-state index in [0.717, 1.165) is 37.4 Å². The lowest BCUT2D eigenvalue weighted by molar-refractivity contribution is 0.0791. The Kier molecular flexibility index (Phi) is 3.41. The molecule has 1 aliphatic heterocycles.